The zero-order valence-electron chi connectivity index (χ0n) is 10.9. The fraction of sp³-hybridized carbons (Fsp3) is 0.467. The van der Waals surface area contributed by atoms with Gasteiger partial charge in [-0.15, -0.1) is 0 Å². The molecule has 106 valence electrons. The minimum Gasteiger partial charge on any atom is -0.492 e. The summed E-state index contributed by atoms with van der Waals surface area (Å²) >= 11 is 3.43. The molecule has 2 atom stereocenters. The van der Waals surface area contributed by atoms with Crippen LogP contribution in [0, 0.1) is 11.8 Å². The van der Waals surface area contributed by atoms with Crippen LogP contribution < -0.4 is 4.74 Å². The van der Waals surface area contributed by atoms with Crippen molar-refractivity contribution in [2.24, 2.45) is 11.8 Å². The number of halogens is 1. The van der Waals surface area contributed by atoms with Crippen LogP contribution in [-0.4, -0.2) is 23.5 Å². The summed E-state index contributed by atoms with van der Waals surface area (Å²) in [5.41, 5.74) is 1.65. The van der Waals surface area contributed by atoms with Gasteiger partial charge in [0, 0.05) is 16.8 Å². The molecule has 20 heavy (non-hydrogen) atoms. The van der Waals surface area contributed by atoms with Crippen LogP contribution in [0.5, 0.6) is 5.75 Å². The number of benzene rings is 1. The number of Topliss-reactive ketones (excluding diaryl/α,β-unsaturated/α-hetero) is 1. The summed E-state index contributed by atoms with van der Waals surface area (Å²) in [6.45, 7) is 0.606. The number of ketones is 1. The molecule has 1 fully saturated rings. The molecule has 0 radical (unpaired) electrons. The Labute approximate surface area is 125 Å². The molecule has 3 rings (SSSR count). The van der Waals surface area contributed by atoms with E-state index in [2.05, 4.69) is 15.9 Å². The second-order valence-corrected chi connectivity index (χ2v) is 6.37. The van der Waals surface area contributed by atoms with Crippen LogP contribution in [0.1, 0.15) is 35.2 Å². The monoisotopic (exact) mass is 338 g/mol. The minimum absolute atomic E-state index is 0.0215. The first-order chi connectivity index (χ1) is 9.56. The predicted molar refractivity (Wildman–Crippen MR) is 76.1 cm³/mol. The third-order valence-corrected chi connectivity index (χ3v) is 4.62. The standard InChI is InChI=1S/C15H15BrO4/c16-11-6-9-3-4-20-14(9)12(7-11)13(17)8-1-2-10(5-8)15(18)19/h6-8,10H,1-5H2,(H,18,19). The number of aliphatic carboxylic acids is 1. The highest BCUT2D eigenvalue weighted by molar-refractivity contribution is 9.10. The average molecular weight is 339 g/mol. The number of hydrogen-bond acceptors (Lipinski definition) is 3. The molecule has 1 N–H and O–H groups in total. The topological polar surface area (TPSA) is 63.6 Å². The van der Waals surface area contributed by atoms with Crippen molar-refractivity contribution in [1.29, 1.82) is 0 Å². The van der Waals surface area contributed by atoms with Crippen molar-refractivity contribution in [1.82, 2.24) is 0 Å². The number of carbonyl (C=O) groups excluding carboxylic acids is 1. The van der Waals surface area contributed by atoms with Crippen molar-refractivity contribution >= 4 is 27.7 Å². The molecule has 1 saturated carbocycles. The average Bonchev–Trinajstić information content (AvgIpc) is 3.05. The van der Waals surface area contributed by atoms with E-state index in [0.717, 1.165) is 16.5 Å². The lowest BCUT2D eigenvalue weighted by molar-refractivity contribution is -0.141. The molecule has 2 unspecified atom stereocenters. The summed E-state index contributed by atoms with van der Waals surface area (Å²) in [6, 6.07) is 3.77. The quantitative estimate of drug-likeness (QED) is 0.860. The van der Waals surface area contributed by atoms with Crippen molar-refractivity contribution < 1.29 is 19.4 Å². The van der Waals surface area contributed by atoms with Gasteiger partial charge in [0.25, 0.3) is 0 Å². The fourth-order valence-electron chi connectivity index (χ4n) is 3.12. The van der Waals surface area contributed by atoms with Gasteiger partial charge in [0.15, 0.2) is 5.78 Å². The Morgan fingerprint density at radius 3 is 2.70 bits per heavy atom. The van der Waals surface area contributed by atoms with E-state index in [4.69, 9.17) is 9.84 Å². The van der Waals surface area contributed by atoms with Crippen molar-refractivity contribution in [3.63, 3.8) is 0 Å². The van der Waals surface area contributed by atoms with Crippen molar-refractivity contribution in [3.05, 3.63) is 27.7 Å². The number of ether oxygens (including phenoxy) is 1. The zero-order valence-corrected chi connectivity index (χ0v) is 12.5. The molecule has 0 aromatic heterocycles. The maximum atomic E-state index is 12.6. The molecule has 4 nitrogen and oxygen atoms in total. The molecule has 0 saturated heterocycles. The lowest BCUT2D eigenvalue weighted by Crippen LogP contribution is -2.15. The first-order valence-corrected chi connectivity index (χ1v) is 7.58. The van der Waals surface area contributed by atoms with Crippen LogP contribution in [0.3, 0.4) is 0 Å². The maximum Gasteiger partial charge on any atom is 0.306 e. The predicted octanol–water partition coefficient (Wildman–Crippen LogP) is 3.07. The molecule has 1 aromatic carbocycles. The molecule has 1 aliphatic carbocycles. The summed E-state index contributed by atoms with van der Waals surface area (Å²) in [5.74, 6) is -0.662. The lowest BCUT2D eigenvalue weighted by atomic mass is 9.93. The van der Waals surface area contributed by atoms with Gasteiger partial charge in [-0.3, -0.25) is 9.59 Å². The van der Waals surface area contributed by atoms with Crippen LogP contribution in [0.25, 0.3) is 0 Å². The minimum atomic E-state index is -0.795. The highest BCUT2D eigenvalue weighted by Crippen LogP contribution is 2.39. The zero-order chi connectivity index (χ0) is 14.3. The molecular formula is C15H15BrO4. The second-order valence-electron chi connectivity index (χ2n) is 5.45. The summed E-state index contributed by atoms with van der Waals surface area (Å²) in [6.07, 6.45) is 2.49. The van der Waals surface area contributed by atoms with Crippen LogP contribution in [0.15, 0.2) is 16.6 Å². The third-order valence-electron chi connectivity index (χ3n) is 4.17. The van der Waals surface area contributed by atoms with Crippen molar-refractivity contribution in [2.45, 2.75) is 25.7 Å². The number of carboxylic acids is 1. The number of hydrogen-bond donors (Lipinski definition) is 1. The van der Waals surface area contributed by atoms with E-state index < -0.39 is 5.97 Å². The van der Waals surface area contributed by atoms with Gasteiger partial charge in [0.2, 0.25) is 0 Å². The molecule has 1 heterocycles. The number of rotatable bonds is 3. The summed E-state index contributed by atoms with van der Waals surface area (Å²) in [7, 11) is 0. The number of carboxylic acid groups (broad SMARTS) is 1. The van der Waals surface area contributed by atoms with Gasteiger partial charge >= 0.3 is 5.97 Å². The van der Waals surface area contributed by atoms with E-state index in [9.17, 15) is 9.59 Å². The second kappa shape index (κ2) is 5.20. The summed E-state index contributed by atoms with van der Waals surface area (Å²) in [5, 5.41) is 9.04. The van der Waals surface area contributed by atoms with Crippen LogP contribution in [0.4, 0.5) is 0 Å². The first-order valence-electron chi connectivity index (χ1n) is 6.78. The lowest BCUT2D eigenvalue weighted by Gasteiger charge is -2.12. The Bertz CT molecular complexity index is 581. The first kappa shape index (κ1) is 13.6. The molecule has 0 spiro atoms. The van der Waals surface area contributed by atoms with E-state index in [-0.39, 0.29) is 17.6 Å². The normalized spacial score (nSPS) is 24.2. The van der Waals surface area contributed by atoms with Crippen LogP contribution in [-0.2, 0) is 11.2 Å². The molecular weight excluding hydrogens is 324 g/mol. The molecule has 2 aliphatic rings. The van der Waals surface area contributed by atoms with Gasteiger partial charge in [-0.05, 0) is 37.0 Å². The summed E-state index contributed by atoms with van der Waals surface area (Å²) in [4.78, 5) is 23.6. The van der Waals surface area contributed by atoms with Crippen LogP contribution >= 0.6 is 15.9 Å². The molecule has 0 bridgehead atoms. The van der Waals surface area contributed by atoms with E-state index in [0.29, 0.717) is 37.2 Å². The largest absolute Gasteiger partial charge is 0.492 e. The SMILES string of the molecule is O=C(O)C1CCC(C(=O)c2cc(Br)cc3c2OCC3)C1. The fourth-order valence-corrected chi connectivity index (χ4v) is 3.62. The highest BCUT2D eigenvalue weighted by atomic mass is 79.9. The Morgan fingerprint density at radius 2 is 2.00 bits per heavy atom. The van der Waals surface area contributed by atoms with Gasteiger partial charge < -0.3 is 9.84 Å². The smallest absolute Gasteiger partial charge is 0.306 e. The van der Waals surface area contributed by atoms with Gasteiger partial charge in [0.1, 0.15) is 5.75 Å². The van der Waals surface area contributed by atoms with E-state index in [1.165, 1.54) is 0 Å². The van der Waals surface area contributed by atoms with Gasteiger partial charge in [-0.1, -0.05) is 15.9 Å². The third kappa shape index (κ3) is 2.35. The Hall–Kier alpha value is -1.36. The molecule has 1 aromatic rings. The summed E-state index contributed by atoms with van der Waals surface area (Å²) < 4.78 is 6.45. The van der Waals surface area contributed by atoms with Gasteiger partial charge in [-0.25, -0.2) is 0 Å². The van der Waals surface area contributed by atoms with Gasteiger partial charge in [-0.2, -0.15) is 0 Å². The number of carbonyl (C=O) groups is 2. The highest BCUT2D eigenvalue weighted by Gasteiger charge is 2.36. The maximum absolute atomic E-state index is 12.6. The Kier molecular flexibility index (Phi) is 3.54. The van der Waals surface area contributed by atoms with E-state index >= 15 is 0 Å². The Morgan fingerprint density at radius 1 is 1.25 bits per heavy atom. The van der Waals surface area contributed by atoms with E-state index in [1.54, 1.807) is 6.07 Å². The van der Waals surface area contributed by atoms with Gasteiger partial charge in [0.05, 0.1) is 18.1 Å². The molecule has 0 amide bonds. The van der Waals surface area contributed by atoms with Crippen molar-refractivity contribution in [2.75, 3.05) is 6.61 Å². The number of fused-ring (bicyclic) bond motifs is 1. The molecule has 1 aliphatic heterocycles. The molecule has 5 heteroatoms. The van der Waals surface area contributed by atoms with Crippen molar-refractivity contribution in [3.8, 4) is 5.75 Å². The Balaban J connectivity index is 1.87. The van der Waals surface area contributed by atoms with E-state index in [1.807, 2.05) is 6.07 Å². The van der Waals surface area contributed by atoms with Crippen LogP contribution in [0.2, 0.25) is 0 Å².